The average Bonchev–Trinajstić information content (AvgIpc) is 2.50. The zero-order valence-corrected chi connectivity index (χ0v) is 10.4. The molecular weight excluding hydrogens is 210 g/mol. The predicted octanol–water partition coefficient (Wildman–Crippen LogP) is 0.199. The predicted molar refractivity (Wildman–Crippen MR) is 63.1 cm³/mol. The van der Waals surface area contributed by atoms with Crippen LogP contribution in [0.1, 0.15) is 5.82 Å². The molecule has 0 aliphatic rings. The second-order valence-corrected chi connectivity index (χ2v) is 4.68. The molecule has 5 nitrogen and oxygen atoms in total. The van der Waals surface area contributed by atoms with Crippen LogP contribution in [0.4, 0.5) is 0 Å². The molecule has 0 saturated carbocycles. The fourth-order valence-electron chi connectivity index (χ4n) is 1.17. The van der Waals surface area contributed by atoms with Gasteiger partial charge in [0.15, 0.2) is 5.16 Å². The Kier molecular flexibility index (Phi) is 5.07. The first-order chi connectivity index (χ1) is 7.15. The first-order valence-corrected chi connectivity index (χ1v) is 6.01. The maximum atomic E-state index is 5.54. The topological polar surface area (TPSA) is 60.0 Å². The molecule has 0 aliphatic heterocycles. The Bertz CT molecular complexity index is 297. The summed E-state index contributed by atoms with van der Waals surface area (Å²) < 4.78 is 2.07. The van der Waals surface area contributed by atoms with Crippen LogP contribution in [0.2, 0.25) is 0 Å². The van der Waals surface area contributed by atoms with Gasteiger partial charge in [0.05, 0.1) is 0 Å². The van der Waals surface area contributed by atoms with E-state index in [0.29, 0.717) is 6.54 Å². The van der Waals surface area contributed by atoms with Crippen LogP contribution in [0, 0.1) is 6.92 Å². The fourth-order valence-corrected chi connectivity index (χ4v) is 2.29. The van der Waals surface area contributed by atoms with E-state index in [1.54, 1.807) is 11.8 Å². The second kappa shape index (κ2) is 6.09. The van der Waals surface area contributed by atoms with Crippen molar-refractivity contribution in [3.8, 4) is 0 Å². The molecule has 0 atom stereocenters. The molecule has 6 heteroatoms. The summed E-state index contributed by atoms with van der Waals surface area (Å²) in [5.74, 6) is 1.96. The Morgan fingerprint density at radius 1 is 1.40 bits per heavy atom. The molecule has 0 bridgehead atoms. The van der Waals surface area contributed by atoms with Gasteiger partial charge in [0, 0.05) is 25.4 Å². The number of aryl methyl sites for hydroxylation is 1. The summed E-state index contributed by atoms with van der Waals surface area (Å²) in [6.45, 7) is 4.42. The van der Waals surface area contributed by atoms with E-state index in [1.807, 2.05) is 6.92 Å². The molecule has 0 amide bonds. The average molecular weight is 229 g/mol. The number of rotatable bonds is 6. The Morgan fingerprint density at radius 2 is 2.13 bits per heavy atom. The molecule has 2 N–H and O–H groups in total. The molecule has 86 valence electrons. The third kappa shape index (κ3) is 3.81. The Balaban J connectivity index is 2.52. The number of thioether (sulfide) groups is 1. The lowest BCUT2D eigenvalue weighted by molar-refractivity contribution is 0.437. The van der Waals surface area contributed by atoms with Crippen molar-refractivity contribution in [2.75, 3.05) is 32.9 Å². The molecule has 0 radical (unpaired) electrons. The fraction of sp³-hybridized carbons (Fsp3) is 0.778. The van der Waals surface area contributed by atoms with Crippen LogP contribution in [-0.2, 0) is 6.54 Å². The highest BCUT2D eigenvalue weighted by Gasteiger charge is 2.07. The third-order valence-electron chi connectivity index (χ3n) is 2.02. The summed E-state index contributed by atoms with van der Waals surface area (Å²) in [4.78, 5) is 2.16. The summed E-state index contributed by atoms with van der Waals surface area (Å²) in [7, 11) is 4.13. The van der Waals surface area contributed by atoms with Gasteiger partial charge in [-0.1, -0.05) is 11.8 Å². The van der Waals surface area contributed by atoms with Crippen molar-refractivity contribution in [3.63, 3.8) is 0 Å². The standard InChI is InChI=1S/C9H19N5S/c1-8-11-12-9(14(8)5-4-10)15-7-6-13(2)3/h4-7,10H2,1-3H3. The molecule has 1 aromatic heterocycles. The Morgan fingerprint density at radius 3 is 2.73 bits per heavy atom. The van der Waals surface area contributed by atoms with Crippen LogP contribution in [0.3, 0.4) is 0 Å². The summed E-state index contributed by atoms with van der Waals surface area (Å²) in [5.41, 5.74) is 5.54. The van der Waals surface area contributed by atoms with E-state index in [4.69, 9.17) is 5.73 Å². The highest BCUT2D eigenvalue weighted by atomic mass is 32.2. The van der Waals surface area contributed by atoms with Gasteiger partial charge in [-0.15, -0.1) is 10.2 Å². The molecular formula is C9H19N5S. The number of nitrogens with zero attached hydrogens (tertiary/aromatic N) is 4. The lowest BCUT2D eigenvalue weighted by Crippen LogP contribution is -2.16. The van der Waals surface area contributed by atoms with Gasteiger partial charge in [0.25, 0.3) is 0 Å². The van der Waals surface area contributed by atoms with Crippen molar-refractivity contribution in [1.29, 1.82) is 0 Å². The molecule has 1 aromatic rings. The molecule has 0 saturated heterocycles. The normalized spacial score (nSPS) is 11.3. The van der Waals surface area contributed by atoms with Gasteiger partial charge >= 0.3 is 0 Å². The van der Waals surface area contributed by atoms with E-state index in [9.17, 15) is 0 Å². The minimum absolute atomic E-state index is 0.625. The monoisotopic (exact) mass is 229 g/mol. The first kappa shape index (κ1) is 12.5. The largest absolute Gasteiger partial charge is 0.329 e. The summed E-state index contributed by atoms with van der Waals surface area (Å²) in [6.07, 6.45) is 0. The quantitative estimate of drug-likeness (QED) is 0.706. The van der Waals surface area contributed by atoms with Gasteiger partial charge in [0.2, 0.25) is 0 Å². The van der Waals surface area contributed by atoms with Gasteiger partial charge in [-0.3, -0.25) is 0 Å². The molecule has 15 heavy (non-hydrogen) atoms. The second-order valence-electron chi connectivity index (χ2n) is 3.62. The number of hydrogen-bond donors (Lipinski definition) is 1. The maximum absolute atomic E-state index is 5.54. The summed E-state index contributed by atoms with van der Waals surface area (Å²) in [5, 5.41) is 9.16. The van der Waals surface area contributed by atoms with Gasteiger partial charge in [-0.25, -0.2) is 0 Å². The van der Waals surface area contributed by atoms with E-state index >= 15 is 0 Å². The Labute approximate surface area is 95.0 Å². The van der Waals surface area contributed by atoms with Crippen LogP contribution in [0.25, 0.3) is 0 Å². The molecule has 0 aliphatic carbocycles. The van der Waals surface area contributed by atoms with Crippen LogP contribution in [0.15, 0.2) is 5.16 Å². The molecule has 1 rings (SSSR count). The van der Waals surface area contributed by atoms with E-state index in [0.717, 1.165) is 29.8 Å². The van der Waals surface area contributed by atoms with Crippen molar-refractivity contribution in [2.24, 2.45) is 5.73 Å². The van der Waals surface area contributed by atoms with E-state index in [2.05, 4.69) is 33.8 Å². The van der Waals surface area contributed by atoms with Crippen LogP contribution >= 0.6 is 11.8 Å². The minimum atomic E-state index is 0.625. The third-order valence-corrected chi connectivity index (χ3v) is 2.97. The smallest absolute Gasteiger partial charge is 0.191 e. The van der Waals surface area contributed by atoms with Crippen molar-refractivity contribution < 1.29 is 0 Å². The molecule has 0 spiro atoms. The van der Waals surface area contributed by atoms with E-state index < -0.39 is 0 Å². The zero-order chi connectivity index (χ0) is 11.3. The number of hydrogen-bond acceptors (Lipinski definition) is 5. The van der Waals surface area contributed by atoms with Gasteiger partial charge < -0.3 is 15.2 Å². The zero-order valence-electron chi connectivity index (χ0n) is 9.60. The van der Waals surface area contributed by atoms with Crippen LogP contribution < -0.4 is 5.73 Å². The lowest BCUT2D eigenvalue weighted by Gasteiger charge is -2.09. The number of aromatic nitrogens is 3. The van der Waals surface area contributed by atoms with Gasteiger partial charge in [-0.2, -0.15) is 0 Å². The van der Waals surface area contributed by atoms with Crippen LogP contribution in [-0.4, -0.2) is 52.6 Å². The minimum Gasteiger partial charge on any atom is -0.329 e. The molecule has 0 unspecified atom stereocenters. The van der Waals surface area contributed by atoms with Crippen molar-refractivity contribution in [3.05, 3.63) is 5.82 Å². The Hall–Kier alpha value is -0.590. The summed E-state index contributed by atoms with van der Waals surface area (Å²) >= 11 is 1.73. The SMILES string of the molecule is Cc1nnc(SCCN(C)C)n1CCN. The highest BCUT2D eigenvalue weighted by molar-refractivity contribution is 7.99. The van der Waals surface area contributed by atoms with Crippen molar-refractivity contribution in [1.82, 2.24) is 19.7 Å². The van der Waals surface area contributed by atoms with E-state index in [1.165, 1.54) is 0 Å². The molecule has 1 heterocycles. The van der Waals surface area contributed by atoms with E-state index in [-0.39, 0.29) is 0 Å². The van der Waals surface area contributed by atoms with Gasteiger partial charge in [-0.05, 0) is 21.0 Å². The first-order valence-electron chi connectivity index (χ1n) is 5.02. The number of nitrogens with two attached hydrogens (primary N) is 1. The van der Waals surface area contributed by atoms with Gasteiger partial charge in [0.1, 0.15) is 5.82 Å². The van der Waals surface area contributed by atoms with Crippen molar-refractivity contribution in [2.45, 2.75) is 18.6 Å². The van der Waals surface area contributed by atoms with Crippen LogP contribution in [0.5, 0.6) is 0 Å². The maximum Gasteiger partial charge on any atom is 0.191 e. The highest BCUT2D eigenvalue weighted by Crippen LogP contribution is 2.16. The lowest BCUT2D eigenvalue weighted by atomic mass is 10.6. The van der Waals surface area contributed by atoms with Crippen molar-refractivity contribution >= 4 is 11.8 Å². The molecule has 0 fully saturated rings. The summed E-state index contributed by atoms with van der Waals surface area (Å²) in [6, 6.07) is 0. The molecule has 0 aromatic carbocycles.